The third kappa shape index (κ3) is 3.17. The number of hydrogen-bond acceptors (Lipinski definition) is 6. The summed E-state index contributed by atoms with van der Waals surface area (Å²) in [6.07, 6.45) is 3.21. The number of carboxylic acid groups (broad SMARTS) is 1. The van der Waals surface area contributed by atoms with Gasteiger partial charge in [0.15, 0.2) is 0 Å². The van der Waals surface area contributed by atoms with Crippen LogP contribution in [0.3, 0.4) is 0 Å². The first kappa shape index (κ1) is 16.6. The smallest absolute Gasteiger partial charge is 0.346 e. The molecular formula is C15H17N3O5S. The molecule has 2 aromatic heterocycles. The van der Waals surface area contributed by atoms with E-state index in [2.05, 4.69) is 10.3 Å². The second-order valence-electron chi connectivity index (χ2n) is 5.66. The van der Waals surface area contributed by atoms with Gasteiger partial charge in [-0.05, 0) is 25.3 Å². The minimum Gasteiger partial charge on any atom is -0.477 e. The summed E-state index contributed by atoms with van der Waals surface area (Å²) in [6.45, 7) is 2.55. The number of ether oxygens (including phenoxy) is 1. The van der Waals surface area contributed by atoms with Crippen LogP contribution in [-0.4, -0.2) is 45.8 Å². The number of carboxylic acids is 1. The summed E-state index contributed by atoms with van der Waals surface area (Å²) < 4.78 is 6.62. The Bertz CT molecular complexity index is 851. The molecule has 0 radical (unpaired) electrons. The number of carbonyl (C=O) groups excluding carboxylic acids is 1. The number of aromatic nitrogens is 2. The van der Waals surface area contributed by atoms with Gasteiger partial charge >= 0.3 is 5.97 Å². The number of carbonyl (C=O) groups is 2. The van der Waals surface area contributed by atoms with Gasteiger partial charge in [-0.1, -0.05) is 0 Å². The first-order chi connectivity index (χ1) is 11.5. The van der Waals surface area contributed by atoms with Crippen molar-refractivity contribution >= 4 is 33.4 Å². The SMILES string of the molecule is Cc1c(C(=O)O)sc2ncn(CC(=O)NCC3CCCO3)c(=O)c12. The van der Waals surface area contributed by atoms with E-state index in [0.717, 1.165) is 24.2 Å². The Kier molecular flexibility index (Phi) is 4.63. The van der Waals surface area contributed by atoms with Crippen LogP contribution < -0.4 is 10.9 Å². The van der Waals surface area contributed by atoms with Gasteiger partial charge in [0.1, 0.15) is 16.3 Å². The van der Waals surface area contributed by atoms with E-state index >= 15 is 0 Å². The Morgan fingerprint density at radius 1 is 1.54 bits per heavy atom. The second-order valence-corrected chi connectivity index (χ2v) is 6.66. The number of thiophene rings is 1. The maximum Gasteiger partial charge on any atom is 0.346 e. The topological polar surface area (TPSA) is 111 Å². The third-order valence-electron chi connectivity index (χ3n) is 3.98. The third-order valence-corrected chi connectivity index (χ3v) is 5.16. The van der Waals surface area contributed by atoms with E-state index in [9.17, 15) is 14.4 Å². The van der Waals surface area contributed by atoms with Gasteiger partial charge in [0.25, 0.3) is 5.56 Å². The molecule has 1 aliphatic heterocycles. The monoisotopic (exact) mass is 351 g/mol. The lowest BCUT2D eigenvalue weighted by atomic mass is 10.2. The lowest BCUT2D eigenvalue weighted by Gasteiger charge is -2.11. The van der Waals surface area contributed by atoms with Gasteiger partial charge in [0.2, 0.25) is 5.91 Å². The quantitative estimate of drug-likeness (QED) is 0.823. The largest absolute Gasteiger partial charge is 0.477 e. The van der Waals surface area contributed by atoms with Crippen LogP contribution in [0.4, 0.5) is 0 Å². The van der Waals surface area contributed by atoms with Crippen LogP contribution in [0.5, 0.6) is 0 Å². The molecule has 128 valence electrons. The van der Waals surface area contributed by atoms with Gasteiger partial charge in [-0.2, -0.15) is 0 Å². The highest BCUT2D eigenvalue weighted by molar-refractivity contribution is 7.20. The molecule has 3 rings (SSSR count). The zero-order chi connectivity index (χ0) is 17.3. The Balaban J connectivity index is 1.78. The van der Waals surface area contributed by atoms with Crippen molar-refractivity contribution in [1.82, 2.24) is 14.9 Å². The first-order valence-corrected chi connectivity index (χ1v) is 8.39. The van der Waals surface area contributed by atoms with Gasteiger partial charge in [0, 0.05) is 13.2 Å². The Morgan fingerprint density at radius 3 is 3.00 bits per heavy atom. The van der Waals surface area contributed by atoms with Crippen molar-refractivity contribution in [3.8, 4) is 0 Å². The van der Waals surface area contributed by atoms with Crippen LogP contribution in [0.1, 0.15) is 28.1 Å². The predicted molar refractivity (Wildman–Crippen MR) is 87.6 cm³/mol. The average molecular weight is 351 g/mol. The maximum atomic E-state index is 12.5. The van der Waals surface area contributed by atoms with Crippen LogP contribution in [-0.2, 0) is 16.1 Å². The number of amides is 1. The number of fused-ring (bicyclic) bond motifs is 1. The number of rotatable bonds is 5. The molecule has 0 aromatic carbocycles. The molecule has 24 heavy (non-hydrogen) atoms. The van der Waals surface area contributed by atoms with E-state index in [1.54, 1.807) is 6.92 Å². The summed E-state index contributed by atoms with van der Waals surface area (Å²) in [5, 5.41) is 12.1. The summed E-state index contributed by atoms with van der Waals surface area (Å²) in [7, 11) is 0. The molecular weight excluding hydrogens is 334 g/mol. The van der Waals surface area contributed by atoms with E-state index in [1.807, 2.05) is 0 Å². The van der Waals surface area contributed by atoms with Crippen LogP contribution in [0.25, 0.3) is 10.2 Å². The molecule has 1 unspecified atom stereocenters. The molecule has 0 aliphatic carbocycles. The van der Waals surface area contributed by atoms with Crippen LogP contribution in [0, 0.1) is 6.92 Å². The number of hydrogen-bond donors (Lipinski definition) is 2. The maximum absolute atomic E-state index is 12.5. The average Bonchev–Trinajstić information content (AvgIpc) is 3.16. The molecule has 2 N–H and O–H groups in total. The Morgan fingerprint density at radius 2 is 2.33 bits per heavy atom. The number of nitrogens with one attached hydrogen (secondary N) is 1. The second kappa shape index (κ2) is 6.70. The minimum atomic E-state index is -1.09. The molecule has 0 spiro atoms. The molecule has 3 heterocycles. The molecule has 8 nitrogen and oxygen atoms in total. The number of aromatic carboxylic acids is 1. The minimum absolute atomic E-state index is 0.0310. The number of nitrogens with zero attached hydrogens (tertiary/aromatic N) is 2. The fourth-order valence-electron chi connectivity index (χ4n) is 2.72. The van der Waals surface area contributed by atoms with Crippen LogP contribution in [0.2, 0.25) is 0 Å². The molecule has 1 fully saturated rings. The molecule has 1 aliphatic rings. The molecule has 0 saturated carbocycles. The van der Waals surface area contributed by atoms with Gasteiger partial charge in [0.05, 0.1) is 17.8 Å². The molecule has 2 aromatic rings. The van der Waals surface area contributed by atoms with Crippen molar-refractivity contribution in [1.29, 1.82) is 0 Å². The highest BCUT2D eigenvalue weighted by Crippen LogP contribution is 2.26. The molecule has 1 atom stereocenters. The summed E-state index contributed by atoms with van der Waals surface area (Å²) in [5.41, 5.74) is -0.0253. The molecule has 9 heteroatoms. The molecule has 1 saturated heterocycles. The van der Waals surface area contributed by atoms with Crippen molar-refractivity contribution in [2.75, 3.05) is 13.2 Å². The highest BCUT2D eigenvalue weighted by atomic mass is 32.1. The zero-order valence-electron chi connectivity index (χ0n) is 13.1. The lowest BCUT2D eigenvalue weighted by molar-refractivity contribution is -0.122. The summed E-state index contributed by atoms with van der Waals surface area (Å²) in [6, 6.07) is 0. The van der Waals surface area contributed by atoms with Crippen molar-refractivity contribution in [3.05, 3.63) is 27.1 Å². The normalized spacial score (nSPS) is 17.3. The van der Waals surface area contributed by atoms with E-state index in [0.29, 0.717) is 23.5 Å². The number of aryl methyl sites for hydroxylation is 1. The zero-order valence-corrected chi connectivity index (χ0v) is 13.9. The first-order valence-electron chi connectivity index (χ1n) is 7.57. The predicted octanol–water partition coefficient (Wildman–Crippen LogP) is 0.760. The van der Waals surface area contributed by atoms with Gasteiger partial charge in [-0.25, -0.2) is 9.78 Å². The lowest BCUT2D eigenvalue weighted by Crippen LogP contribution is -2.36. The fraction of sp³-hybridized carbons (Fsp3) is 0.467. The van der Waals surface area contributed by atoms with Crippen molar-refractivity contribution in [2.24, 2.45) is 0 Å². The summed E-state index contributed by atoms with van der Waals surface area (Å²) in [5.74, 6) is -1.39. The van der Waals surface area contributed by atoms with Gasteiger partial charge in [-0.15, -0.1) is 11.3 Å². The highest BCUT2D eigenvalue weighted by Gasteiger charge is 2.20. The van der Waals surface area contributed by atoms with Crippen molar-refractivity contribution in [3.63, 3.8) is 0 Å². The Labute approximate surface area is 141 Å². The van der Waals surface area contributed by atoms with Crippen LogP contribution >= 0.6 is 11.3 Å². The van der Waals surface area contributed by atoms with Crippen molar-refractivity contribution in [2.45, 2.75) is 32.4 Å². The van der Waals surface area contributed by atoms with Gasteiger partial charge < -0.3 is 15.2 Å². The molecule has 0 bridgehead atoms. The molecule has 1 amide bonds. The van der Waals surface area contributed by atoms with Gasteiger partial charge in [-0.3, -0.25) is 14.2 Å². The standard InChI is InChI=1S/C15H17N3O5S/c1-8-11-13(24-12(8)15(21)22)17-7-18(14(11)20)6-10(19)16-5-9-3-2-4-23-9/h7,9H,2-6H2,1H3,(H,16,19)(H,21,22). The summed E-state index contributed by atoms with van der Waals surface area (Å²) in [4.78, 5) is 40.3. The van der Waals surface area contributed by atoms with Crippen molar-refractivity contribution < 1.29 is 19.4 Å². The Hall–Kier alpha value is -2.26. The van der Waals surface area contributed by atoms with Crippen LogP contribution in [0.15, 0.2) is 11.1 Å². The van der Waals surface area contributed by atoms with E-state index in [1.165, 1.54) is 10.9 Å². The van der Waals surface area contributed by atoms with E-state index in [-0.39, 0.29) is 28.8 Å². The fourth-order valence-corrected chi connectivity index (χ4v) is 3.70. The van der Waals surface area contributed by atoms with E-state index < -0.39 is 11.5 Å². The summed E-state index contributed by atoms with van der Waals surface area (Å²) >= 11 is 0.960. The van der Waals surface area contributed by atoms with E-state index in [4.69, 9.17) is 9.84 Å².